The number of anilines is 1. The van der Waals surface area contributed by atoms with Crippen LogP contribution in [0.5, 0.6) is 0 Å². The van der Waals surface area contributed by atoms with Crippen LogP contribution >= 0.6 is 15.9 Å². The number of nitrogens with two attached hydrogens (primary N) is 1. The maximum atomic E-state index is 12.7. The molecule has 0 saturated heterocycles. The van der Waals surface area contributed by atoms with E-state index in [4.69, 9.17) is 5.73 Å². The summed E-state index contributed by atoms with van der Waals surface area (Å²) in [6.07, 6.45) is -4.40. The zero-order valence-corrected chi connectivity index (χ0v) is 10.9. The van der Waals surface area contributed by atoms with Gasteiger partial charge < -0.3 is 5.73 Å². The third-order valence-electron chi connectivity index (χ3n) is 2.36. The summed E-state index contributed by atoms with van der Waals surface area (Å²) in [6.45, 7) is 1.72. The van der Waals surface area contributed by atoms with Crippen LogP contribution in [-0.2, 0) is 6.18 Å². The van der Waals surface area contributed by atoms with Crippen LogP contribution in [-0.4, -0.2) is 9.78 Å². The number of rotatable bonds is 1. The molecule has 3 nitrogen and oxygen atoms in total. The molecular weight excluding hydrogens is 311 g/mol. The zero-order valence-electron chi connectivity index (χ0n) is 9.29. The molecule has 18 heavy (non-hydrogen) atoms. The van der Waals surface area contributed by atoms with Gasteiger partial charge >= 0.3 is 6.18 Å². The highest BCUT2D eigenvalue weighted by Gasteiger charge is 2.31. The van der Waals surface area contributed by atoms with E-state index >= 15 is 0 Å². The summed E-state index contributed by atoms with van der Waals surface area (Å²) in [7, 11) is 0. The van der Waals surface area contributed by atoms with Crippen molar-refractivity contribution in [1.29, 1.82) is 0 Å². The smallest absolute Gasteiger partial charge is 0.382 e. The lowest BCUT2D eigenvalue weighted by Gasteiger charge is -2.11. The lowest BCUT2D eigenvalue weighted by atomic mass is 10.2. The lowest BCUT2D eigenvalue weighted by Crippen LogP contribution is -2.07. The van der Waals surface area contributed by atoms with Gasteiger partial charge in [-0.1, -0.05) is 15.9 Å². The van der Waals surface area contributed by atoms with Gasteiger partial charge in [0.25, 0.3) is 0 Å². The van der Waals surface area contributed by atoms with Gasteiger partial charge in [-0.3, -0.25) is 0 Å². The molecule has 0 atom stereocenters. The molecule has 1 aromatic carbocycles. The monoisotopic (exact) mass is 319 g/mol. The fourth-order valence-electron chi connectivity index (χ4n) is 1.62. The summed E-state index contributed by atoms with van der Waals surface area (Å²) >= 11 is 3.06. The summed E-state index contributed by atoms with van der Waals surface area (Å²) < 4.78 is 39.8. The molecule has 7 heteroatoms. The topological polar surface area (TPSA) is 43.8 Å². The molecule has 2 aromatic rings. The van der Waals surface area contributed by atoms with E-state index in [-0.39, 0.29) is 5.82 Å². The maximum Gasteiger partial charge on any atom is 0.416 e. The standard InChI is InChI=1S/C11H9BrF3N3/c1-6-2-10(16)17-18(6)9-4-7(11(13,14)15)3-8(12)5-9/h2-5H,1H3,(H2,16,17). The SMILES string of the molecule is Cc1cc(N)nn1-c1cc(Br)cc(C(F)(F)F)c1. The molecular formula is C11H9BrF3N3. The van der Waals surface area contributed by atoms with Gasteiger partial charge in [-0.25, -0.2) is 4.68 Å². The summed E-state index contributed by atoms with van der Waals surface area (Å²) in [4.78, 5) is 0. The Hall–Kier alpha value is -1.50. The average Bonchev–Trinajstić information content (AvgIpc) is 2.55. The Morgan fingerprint density at radius 2 is 1.89 bits per heavy atom. The van der Waals surface area contributed by atoms with Gasteiger partial charge in [-0.2, -0.15) is 18.3 Å². The summed E-state index contributed by atoms with van der Waals surface area (Å²) in [5.41, 5.74) is 5.75. The van der Waals surface area contributed by atoms with Crippen LogP contribution in [0.25, 0.3) is 5.69 Å². The Morgan fingerprint density at radius 3 is 2.39 bits per heavy atom. The summed E-state index contributed by atoms with van der Waals surface area (Å²) in [5.74, 6) is 0.265. The average molecular weight is 320 g/mol. The number of aryl methyl sites for hydroxylation is 1. The van der Waals surface area contributed by atoms with Crippen molar-refractivity contribution in [3.05, 3.63) is 40.0 Å². The predicted octanol–water partition coefficient (Wildman–Crippen LogP) is 3.54. The van der Waals surface area contributed by atoms with E-state index in [2.05, 4.69) is 21.0 Å². The van der Waals surface area contributed by atoms with E-state index in [9.17, 15) is 13.2 Å². The molecule has 0 fully saturated rings. The second-order valence-electron chi connectivity index (χ2n) is 3.82. The Balaban J connectivity index is 2.59. The molecule has 0 unspecified atom stereocenters. The normalized spacial score (nSPS) is 11.8. The fraction of sp³-hybridized carbons (Fsp3) is 0.182. The maximum absolute atomic E-state index is 12.7. The molecule has 0 aliphatic heterocycles. The van der Waals surface area contributed by atoms with Gasteiger partial charge in [0.05, 0.1) is 11.3 Å². The second kappa shape index (κ2) is 4.31. The van der Waals surface area contributed by atoms with Crippen LogP contribution in [0.2, 0.25) is 0 Å². The van der Waals surface area contributed by atoms with E-state index in [1.807, 2.05) is 0 Å². The van der Waals surface area contributed by atoms with Crippen LogP contribution in [0, 0.1) is 6.92 Å². The van der Waals surface area contributed by atoms with E-state index in [1.165, 1.54) is 4.68 Å². The molecule has 0 radical (unpaired) electrons. The van der Waals surface area contributed by atoms with Gasteiger partial charge in [-0.15, -0.1) is 0 Å². The van der Waals surface area contributed by atoms with E-state index in [0.29, 0.717) is 15.9 Å². The first-order valence-corrected chi connectivity index (χ1v) is 5.77. The minimum Gasteiger partial charge on any atom is -0.382 e. The number of alkyl halides is 3. The number of benzene rings is 1. The minimum atomic E-state index is -4.40. The van der Waals surface area contributed by atoms with E-state index in [1.54, 1.807) is 19.1 Å². The zero-order chi connectivity index (χ0) is 13.5. The first-order valence-electron chi connectivity index (χ1n) is 4.97. The molecule has 0 bridgehead atoms. The Labute approximate surface area is 110 Å². The number of hydrogen-bond donors (Lipinski definition) is 1. The molecule has 1 aromatic heterocycles. The molecule has 0 spiro atoms. The summed E-state index contributed by atoms with van der Waals surface area (Å²) in [5, 5.41) is 3.95. The van der Waals surface area contributed by atoms with Crippen molar-refractivity contribution in [2.75, 3.05) is 5.73 Å². The quantitative estimate of drug-likeness (QED) is 0.873. The minimum absolute atomic E-state index is 0.265. The van der Waals surface area contributed by atoms with Crippen LogP contribution in [0.15, 0.2) is 28.7 Å². The molecule has 0 aliphatic carbocycles. The highest BCUT2D eigenvalue weighted by Crippen LogP contribution is 2.33. The van der Waals surface area contributed by atoms with Gasteiger partial charge in [-0.05, 0) is 25.1 Å². The molecule has 2 N–H and O–H groups in total. The third-order valence-corrected chi connectivity index (χ3v) is 2.82. The van der Waals surface area contributed by atoms with Crippen LogP contribution in [0.3, 0.4) is 0 Å². The third kappa shape index (κ3) is 2.50. The van der Waals surface area contributed by atoms with E-state index < -0.39 is 11.7 Å². The first kappa shape index (κ1) is 12.9. The Kier molecular flexibility index (Phi) is 3.10. The Bertz CT molecular complexity index is 590. The van der Waals surface area contributed by atoms with Crippen molar-refractivity contribution in [1.82, 2.24) is 9.78 Å². The van der Waals surface area contributed by atoms with Crippen molar-refractivity contribution >= 4 is 21.7 Å². The van der Waals surface area contributed by atoms with Crippen molar-refractivity contribution in [2.24, 2.45) is 0 Å². The molecule has 0 amide bonds. The van der Waals surface area contributed by atoms with Crippen molar-refractivity contribution in [3.63, 3.8) is 0 Å². The molecule has 0 saturated carbocycles. The molecule has 1 heterocycles. The first-order chi connectivity index (χ1) is 8.27. The van der Waals surface area contributed by atoms with Crippen molar-refractivity contribution in [2.45, 2.75) is 13.1 Å². The van der Waals surface area contributed by atoms with Crippen LogP contribution in [0.1, 0.15) is 11.3 Å². The van der Waals surface area contributed by atoms with Crippen LogP contribution in [0.4, 0.5) is 19.0 Å². The van der Waals surface area contributed by atoms with E-state index in [0.717, 1.165) is 12.1 Å². The number of nitrogens with zero attached hydrogens (tertiary/aromatic N) is 2. The highest BCUT2D eigenvalue weighted by atomic mass is 79.9. The lowest BCUT2D eigenvalue weighted by molar-refractivity contribution is -0.137. The fourth-order valence-corrected chi connectivity index (χ4v) is 2.10. The number of hydrogen-bond acceptors (Lipinski definition) is 2. The largest absolute Gasteiger partial charge is 0.416 e. The van der Waals surface area contributed by atoms with Crippen LogP contribution < -0.4 is 5.73 Å². The molecule has 0 aliphatic rings. The van der Waals surface area contributed by atoms with Gasteiger partial charge in [0, 0.05) is 16.2 Å². The number of aromatic nitrogens is 2. The second-order valence-corrected chi connectivity index (χ2v) is 4.73. The number of halogens is 4. The summed E-state index contributed by atoms with van der Waals surface area (Å²) in [6, 6.07) is 5.19. The Morgan fingerprint density at radius 1 is 1.22 bits per heavy atom. The predicted molar refractivity (Wildman–Crippen MR) is 65.4 cm³/mol. The molecule has 2 rings (SSSR count). The van der Waals surface area contributed by atoms with Gasteiger partial charge in [0.1, 0.15) is 5.82 Å². The van der Waals surface area contributed by atoms with Gasteiger partial charge in [0.15, 0.2) is 0 Å². The van der Waals surface area contributed by atoms with Crippen molar-refractivity contribution < 1.29 is 13.2 Å². The highest BCUT2D eigenvalue weighted by molar-refractivity contribution is 9.10. The number of nitrogen functional groups attached to an aromatic ring is 1. The molecule has 96 valence electrons. The van der Waals surface area contributed by atoms with Gasteiger partial charge in [0.2, 0.25) is 0 Å². The van der Waals surface area contributed by atoms with Crippen molar-refractivity contribution in [3.8, 4) is 5.69 Å².